The van der Waals surface area contributed by atoms with E-state index in [2.05, 4.69) is 10.3 Å². The lowest BCUT2D eigenvalue weighted by atomic mass is 10.2. The first kappa shape index (κ1) is 12.1. The maximum absolute atomic E-state index is 13.2. The van der Waals surface area contributed by atoms with Crippen LogP contribution in [0.1, 0.15) is 11.1 Å². The predicted octanol–water partition coefficient (Wildman–Crippen LogP) is 2.75. The second kappa shape index (κ2) is 5.78. The van der Waals surface area contributed by atoms with Crippen LogP contribution in [0.25, 0.3) is 0 Å². The second-order valence-corrected chi connectivity index (χ2v) is 3.87. The highest BCUT2D eigenvalue weighted by Gasteiger charge is 2.00. The normalized spacial score (nSPS) is 9.78. The van der Waals surface area contributed by atoms with E-state index in [-0.39, 0.29) is 0 Å². The van der Waals surface area contributed by atoms with Crippen LogP contribution in [0.5, 0.6) is 0 Å². The molecule has 0 aliphatic heterocycles. The van der Waals surface area contributed by atoms with Gasteiger partial charge in [0.2, 0.25) is 0 Å². The maximum Gasteiger partial charge on any atom is 0.126 e. The molecule has 0 unspecified atom stereocenters. The van der Waals surface area contributed by atoms with Crippen molar-refractivity contribution in [1.82, 2.24) is 4.98 Å². The first-order valence-electron chi connectivity index (χ1n) is 5.61. The fraction of sp³-hybridized carbons (Fsp3) is 0.143. The number of hydrogen-bond donors (Lipinski definition) is 1. The Morgan fingerprint density at radius 3 is 2.72 bits per heavy atom. The largest absolute Gasteiger partial charge is 0.385 e. The number of rotatable bonds is 4. The molecule has 0 fully saturated rings. The summed E-state index contributed by atoms with van der Waals surface area (Å²) < 4.78 is 13.2. The van der Waals surface area contributed by atoms with Crippen molar-refractivity contribution in [3.05, 3.63) is 59.7 Å². The Bertz CT molecular complexity index is 561. The lowest BCUT2D eigenvalue weighted by Gasteiger charge is -2.07. The summed E-state index contributed by atoms with van der Waals surface area (Å²) >= 11 is 0. The Kier molecular flexibility index (Phi) is 3.87. The van der Waals surface area contributed by atoms with Crippen molar-refractivity contribution in [2.24, 2.45) is 0 Å². The molecule has 0 aliphatic rings. The van der Waals surface area contributed by atoms with Gasteiger partial charge in [0.05, 0.1) is 11.6 Å². The van der Waals surface area contributed by atoms with Gasteiger partial charge < -0.3 is 5.32 Å². The van der Waals surface area contributed by atoms with Crippen molar-refractivity contribution in [2.75, 3.05) is 11.9 Å². The van der Waals surface area contributed by atoms with Gasteiger partial charge in [-0.05, 0) is 42.3 Å². The van der Waals surface area contributed by atoms with Crippen molar-refractivity contribution in [2.45, 2.75) is 6.42 Å². The minimum absolute atomic E-state index is 0.321. The zero-order valence-corrected chi connectivity index (χ0v) is 9.73. The highest BCUT2D eigenvalue weighted by atomic mass is 19.1. The minimum Gasteiger partial charge on any atom is -0.385 e. The number of hydrogen-bond acceptors (Lipinski definition) is 3. The quantitative estimate of drug-likeness (QED) is 0.895. The molecule has 2 rings (SSSR count). The molecular formula is C14H12FN3. The molecule has 4 heteroatoms. The Labute approximate surface area is 105 Å². The molecule has 0 aliphatic carbocycles. The fourth-order valence-corrected chi connectivity index (χ4v) is 1.66. The number of halogens is 1. The van der Waals surface area contributed by atoms with Gasteiger partial charge in [-0.1, -0.05) is 0 Å². The molecule has 2 aromatic rings. The third-order valence-electron chi connectivity index (χ3n) is 2.52. The Balaban J connectivity index is 1.95. The summed E-state index contributed by atoms with van der Waals surface area (Å²) in [7, 11) is 0. The standard InChI is InChI=1S/C14H12FN3/c15-13-7-12(10-16)8-14(9-13)18-6-3-11-1-4-17-5-2-11/h1-2,4-5,7-9,18H,3,6H2. The number of anilines is 1. The zero-order chi connectivity index (χ0) is 12.8. The van der Waals surface area contributed by atoms with Gasteiger partial charge in [0, 0.05) is 24.6 Å². The van der Waals surface area contributed by atoms with Gasteiger partial charge in [0.1, 0.15) is 5.82 Å². The molecular weight excluding hydrogens is 229 g/mol. The van der Waals surface area contributed by atoms with Gasteiger partial charge in [-0.3, -0.25) is 4.98 Å². The SMILES string of the molecule is N#Cc1cc(F)cc(NCCc2ccncc2)c1. The molecule has 1 heterocycles. The Morgan fingerprint density at radius 2 is 2.00 bits per heavy atom. The predicted molar refractivity (Wildman–Crippen MR) is 67.5 cm³/mol. The molecule has 0 saturated heterocycles. The number of nitriles is 1. The third-order valence-corrected chi connectivity index (χ3v) is 2.52. The molecule has 18 heavy (non-hydrogen) atoms. The van der Waals surface area contributed by atoms with Gasteiger partial charge in [0.25, 0.3) is 0 Å². The third kappa shape index (κ3) is 3.29. The second-order valence-electron chi connectivity index (χ2n) is 3.87. The molecule has 0 radical (unpaired) electrons. The summed E-state index contributed by atoms with van der Waals surface area (Å²) in [5, 5.41) is 11.8. The van der Waals surface area contributed by atoms with Crippen LogP contribution in [0, 0.1) is 17.1 Å². The summed E-state index contributed by atoms with van der Waals surface area (Å²) in [4.78, 5) is 3.94. The van der Waals surface area contributed by atoms with E-state index in [1.807, 2.05) is 18.2 Å². The van der Waals surface area contributed by atoms with Gasteiger partial charge in [0.15, 0.2) is 0 Å². The van der Waals surface area contributed by atoms with Crippen molar-refractivity contribution < 1.29 is 4.39 Å². The lowest BCUT2D eigenvalue weighted by molar-refractivity contribution is 0.627. The summed E-state index contributed by atoms with van der Waals surface area (Å²) in [5.41, 5.74) is 2.11. The van der Waals surface area contributed by atoms with Crippen LogP contribution in [0.15, 0.2) is 42.7 Å². The number of nitrogens with zero attached hydrogens (tertiary/aromatic N) is 2. The summed E-state index contributed by atoms with van der Waals surface area (Å²) in [5.74, 6) is -0.402. The molecule has 0 atom stereocenters. The number of benzene rings is 1. The highest BCUT2D eigenvalue weighted by molar-refractivity contribution is 5.49. The monoisotopic (exact) mass is 241 g/mol. The fourth-order valence-electron chi connectivity index (χ4n) is 1.66. The maximum atomic E-state index is 13.2. The van der Waals surface area contributed by atoms with Crippen LogP contribution >= 0.6 is 0 Å². The van der Waals surface area contributed by atoms with Crippen LogP contribution in [-0.2, 0) is 6.42 Å². The number of nitrogens with one attached hydrogen (secondary N) is 1. The van der Waals surface area contributed by atoms with E-state index >= 15 is 0 Å². The molecule has 1 aromatic heterocycles. The van der Waals surface area contributed by atoms with Crippen molar-refractivity contribution in [3.8, 4) is 6.07 Å². The van der Waals surface area contributed by atoms with Crippen LogP contribution in [0.4, 0.5) is 10.1 Å². The van der Waals surface area contributed by atoms with E-state index in [1.54, 1.807) is 18.5 Å². The Hall–Kier alpha value is -2.41. The molecule has 0 spiro atoms. The molecule has 90 valence electrons. The minimum atomic E-state index is -0.402. The van der Waals surface area contributed by atoms with Crippen LogP contribution < -0.4 is 5.32 Å². The number of aromatic nitrogens is 1. The van der Waals surface area contributed by atoms with Crippen molar-refractivity contribution in [3.63, 3.8) is 0 Å². The molecule has 1 N–H and O–H groups in total. The topological polar surface area (TPSA) is 48.7 Å². The van der Waals surface area contributed by atoms with Crippen LogP contribution in [-0.4, -0.2) is 11.5 Å². The average Bonchev–Trinajstić information content (AvgIpc) is 2.39. The summed E-state index contributed by atoms with van der Waals surface area (Å²) in [6.45, 7) is 0.679. The molecule has 0 bridgehead atoms. The van der Waals surface area contributed by atoms with Gasteiger partial charge >= 0.3 is 0 Å². The van der Waals surface area contributed by atoms with Crippen molar-refractivity contribution >= 4 is 5.69 Å². The van der Waals surface area contributed by atoms with Crippen molar-refractivity contribution in [1.29, 1.82) is 5.26 Å². The summed E-state index contributed by atoms with van der Waals surface area (Å²) in [6.07, 6.45) is 4.30. The first-order valence-corrected chi connectivity index (χ1v) is 5.61. The van der Waals surface area contributed by atoms with Crippen LogP contribution in [0.2, 0.25) is 0 Å². The average molecular weight is 241 g/mol. The van der Waals surface area contributed by atoms with Crippen LogP contribution in [0.3, 0.4) is 0 Å². The molecule has 1 aromatic carbocycles. The molecule has 0 amide bonds. The van der Waals surface area contributed by atoms with E-state index in [0.717, 1.165) is 12.0 Å². The highest BCUT2D eigenvalue weighted by Crippen LogP contribution is 2.13. The summed E-state index contributed by atoms with van der Waals surface area (Å²) in [6, 6.07) is 10.0. The van der Waals surface area contributed by atoms with Gasteiger partial charge in [-0.25, -0.2) is 4.39 Å². The van der Waals surface area contributed by atoms with E-state index in [4.69, 9.17) is 5.26 Å². The number of pyridine rings is 1. The van der Waals surface area contributed by atoms with E-state index in [1.165, 1.54) is 12.1 Å². The molecule has 3 nitrogen and oxygen atoms in total. The molecule has 0 saturated carbocycles. The van der Waals surface area contributed by atoms with E-state index < -0.39 is 5.82 Å². The first-order chi connectivity index (χ1) is 8.78. The lowest BCUT2D eigenvalue weighted by Crippen LogP contribution is -2.05. The smallest absolute Gasteiger partial charge is 0.126 e. The van der Waals surface area contributed by atoms with Gasteiger partial charge in [-0.15, -0.1) is 0 Å². The van der Waals surface area contributed by atoms with Gasteiger partial charge in [-0.2, -0.15) is 5.26 Å². The van der Waals surface area contributed by atoms with E-state index in [0.29, 0.717) is 17.8 Å². The zero-order valence-electron chi connectivity index (χ0n) is 9.73. The van der Waals surface area contributed by atoms with E-state index in [9.17, 15) is 4.39 Å². The Morgan fingerprint density at radius 1 is 1.22 bits per heavy atom.